The summed E-state index contributed by atoms with van der Waals surface area (Å²) in [5.74, 6) is 0. The number of hydrogen-bond donors (Lipinski definition) is 2. The van der Waals surface area contributed by atoms with Gasteiger partial charge in [-0.2, -0.15) is 0 Å². The molecule has 1 aromatic carbocycles. The molecule has 88 valence electrons. The van der Waals surface area contributed by atoms with Gasteiger partial charge in [0, 0.05) is 12.6 Å². The van der Waals surface area contributed by atoms with Gasteiger partial charge in [-0.15, -0.1) is 0 Å². The molecule has 0 aromatic heterocycles. The molecule has 1 rings (SSSR count). The van der Waals surface area contributed by atoms with E-state index in [0.717, 1.165) is 13.1 Å². The van der Waals surface area contributed by atoms with E-state index < -0.39 is 7.12 Å². The van der Waals surface area contributed by atoms with Crippen molar-refractivity contribution in [3.8, 4) is 0 Å². The van der Waals surface area contributed by atoms with Crippen LogP contribution in [0, 0.1) is 0 Å². The third-order valence-electron chi connectivity index (χ3n) is 2.80. The lowest BCUT2D eigenvalue weighted by Gasteiger charge is -2.24. The fourth-order valence-corrected chi connectivity index (χ4v) is 1.69. The average Bonchev–Trinajstić information content (AvgIpc) is 2.26. The van der Waals surface area contributed by atoms with Gasteiger partial charge in [0.25, 0.3) is 0 Å². The summed E-state index contributed by atoms with van der Waals surface area (Å²) >= 11 is 0. The van der Waals surface area contributed by atoms with Crippen molar-refractivity contribution in [2.45, 2.75) is 33.4 Å². The van der Waals surface area contributed by atoms with Crippen molar-refractivity contribution in [3.63, 3.8) is 0 Å². The minimum atomic E-state index is -1.37. The van der Waals surface area contributed by atoms with Gasteiger partial charge in [-0.25, -0.2) is 0 Å². The SMILES string of the molecule is CCN(Cc1ccc(B(O)O)cc1)C(C)C. The summed E-state index contributed by atoms with van der Waals surface area (Å²) in [6.45, 7) is 8.41. The van der Waals surface area contributed by atoms with E-state index in [1.165, 1.54) is 5.56 Å². The molecule has 0 unspecified atom stereocenters. The second-order valence-corrected chi connectivity index (χ2v) is 4.27. The number of rotatable bonds is 5. The van der Waals surface area contributed by atoms with Gasteiger partial charge in [0.2, 0.25) is 0 Å². The summed E-state index contributed by atoms with van der Waals surface area (Å²) in [4.78, 5) is 2.35. The second-order valence-electron chi connectivity index (χ2n) is 4.27. The van der Waals surface area contributed by atoms with Crippen molar-refractivity contribution < 1.29 is 10.0 Å². The van der Waals surface area contributed by atoms with Crippen LogP contribution >= 0.6 is 0 Å². The zero-order valence-corrected chi connectivity index (χ0v) is 10.2. The normalized spacial score (nSPS) is 11.2. The van der Waals surface area contributed by atoms with Crippen LogP contribution in [0.5, 0.6) is 0 Å². The molecule has 2 N–H and O–H groups in total. The molecule has 0 atom stereocenters. The average molecular weight is 221 g/mol. The summed E-state index contributed by atoms with van der Waals surface area (Å²) in [7, 11) is -1.37. The van der Waals surface area contributed by atoms with Crippen molar-refractivity contribution >= 4 is 12.6 Å². The van der Waals surface area contributed by atoms with Gasteiger partial charge in [0.1, 0.15) is 0 Å². The Morgan fingerprint density at radius 2 is 1.75 bits per heavy atom. The van der Waals surface area contributed by atoms with Gasteiger partial charge in [0.15, 0.2) is 0 Å². The molecule has 0 saturated carbocycles. The van der Waals surface area contributed by atoms with Crippen LogP contribution in [0.15, 0.2) is 24.3 Å². The summed E-state index contributed by atoms with van der Waals surface area (Å²) in [6, 6.07) is 7.93. The predicted molar refractivity (Wildman–Crippen MR) is 67.5 cm³/mol. The Bertz CT molecular complexity index is 311. The molecule has 0 aliphatic rings. The molecule has 0 aliphatic heterocycles. The molecule has 4 heteroatoms. The van der Waals surface area contributed by atoms with Crippen molar-refractivity contribution in [2.75, 3.05) is 6.54 Å². The third kappa shape index (κ3) is 3.63. The van der Waals surface area contributed by atoms with Crippen LogP contribution in [0.3, 0.4) is 0 Å². The first-order valence-corrected chi connectivity index (χ1v) is 5.73. The Morgan fingerprint density at radius 1 is 1.19 bits per heavy atom. The molecular weight excluding hydrogens is 201 g/mol. The second kappa shape index (κ2) is 6.04. The molecule has 0 radical (unpaired) electrons. The first-order valence-electron chi connectivity index (χ1n) is 5.73. The van der Waals surface area contributed by atoms with E-state index >= 15 is 0 Å². The number of nitrogens with zero attached hydrogens (tertiary/aromatic N) is 1. The van der Waals surface area contributed by atoms with Crippen LogP contribution in [-0.2, 0) is 6.54 Å². The van der Waals surface area contributed by atoms with Crippen LogP contribution in [0.2, 0.25) is 0 Å². The monoisotopic (exact) mass is 221 g/mol. The summed E-state index contributed by atoms with van der Waals surface area (Å²) in [5.41, 5.74) is 1.73. The molecular formula is C12H20BNO2. The highest BCUT2D eigenvalue weighted by molar-refractivity contribution is 6.58. The van der Waals surface area contributed by atoms with Crippen molar-refractivity contribution in [3.05, 3.63) is 29.8 Å². The molecule has 0 aliphatic carbocycles. The molecule has 0 saturated heterocycles. The zero-order chi connectivity index (χ0) is 12.1. The third-order valence-corrected chi connectivity index (χ3v) is 2.80. The van der Waals surface area contributed by atoms with Gasteiger partial charge in [-0.1, -0.05) is 31.2 Å². The topological polar surface area (TPSA) is 43.7 Å². The minimum absolute atomic E-state index is 0.521. The van der Waals surface area contributed by atoms with Crippen molar-refractivity contribution in [1.29, 1.82) is 0 Å². The maximum atomic E-state index is 8.98. The van der Waals surface area contributed by atoms with E-state index in [-0.39, 0.29) is 0 Å². The fourth-order valence-electron chi connectivity index (χ4n) is 1.69. The van der Waals surface area contributed by atoms with Crippen LogP contribution in [0.1, 0.15) is 26.3 Å². The van der Waals surface area contributed by atoms with E-state index in [9.17, 15) is 0 Å². The highest BCUT2D eigenvalue weighted by Crippen LogP contribution is 2.06. The lowest BCUT2D eigenvalue weighted by atomic mass is 9.80. The Labute approximate surface area is 97.9 Å². The van der Waals surface area contributed by atoms with E-state index in [1.54, 1.807) is 12.1 Å². The largest absolute Gasteiger partial charge is 0.488 e. The van der Waals surface area contributed by atoms with E-state index in [2.05, 4.69) is 25.7 Å². The summed E-state index contributed by atoms with van der Waals surface area (Å²) in [6.07, 6.45) is 0. The van der Waals surface area contributed by atoms with Crippen LogP contribution < -0.4 is 5.46 Å². The van der Waals surface area contributed by atoms with Gasteiger partial charge in [-0.05, 0) is 31.4 Å². The van der Waals surface area contributed by atoms with Crippen molar-refractivity contribution in [1.82, 2.24) is 4.90 Å². The molecule has 0 heterocycles. The highest BCUT2D eigenvalue weighted by Gasteiger charge is 2.11. The predicted octanol–water partition coefficient (Wildman–Crippen LogP) is 0.597. The van der Waals surface area contributed by atoms with Gasteiger partial charge in [0.05, 0.1) is 0 Å². The van der Waals surface area contributed by atoms with E-state index in [1.807, 2.05) is 12.1 Å². The Morgan fingerprint density at radius 3 is 2.12 bits per heavy atom. The highest BCUT2D eigenvalue weighted by atomic mass is 16.4. The van der Waals surface area contributed by atoms with Crippen molar-refractivity contribution in [2.24, 2.45) is 0 Å². The molecule has 1 aromatic rings. The molecule has 0 spiro atoms. The maximum Gasteiger partial charge on any atom is 0.488 e. The van der Waals surface area contributed by atoms with Crippen LogP contribution in [-0.4, -0.2) is 34.7 Å². The van der Waals surface area contributed by atoms with E-state index in [4.69, 9.17) is 10.0 Å². The van der Waals surface area contributed by atoms with Gasteiger partial charge < -0.3 is 10.0 Å². The Kier molecular flexibility index (Phi) is 4.99. The summed E-state index contributed by atoms with van der Waals surface area (Å²) < 4.78 is 0. The number of benzene rings is 1. The first kappa shape index (κ1) is 13.2. The standard InChI is InChI=1S/C12H20BNO2/c1-4-14(10(2)3)9-11-5-7-12(8-6-11)13(15)16/h5-8,10,15-16H,4,9H2,1-3H3. The van der Waals surface area contributed by atoms with Crippen LogP contribution in [0.25, 0.3) is 0 Å². The Balaban J connectivity index is 2.67. The smallest absolute Gasteiger partial charge is 0.423 e. The zero-order valence-electron chi connectivity index (χ0n) is 10.2. The lowest BCUT2D eigenvalue weighted by molar-refractivity contribution is 0.225. The molecule has 0 amide bonds. The molecule has 0 fully saturated rings. The molecule has 3 nitrogen and oxygen atoms in total. The summed E-state index contributed by atoms with van der Waals surface area (Å²) in [5, 5.41) is 18.0. The fraction of sp³-hybridized carbons (Fsp3) is 0.500. The lowest BCUT2D eigenvalue weighted by Crippen LogP contribution is -2.31. The van der Waals surface area contributed by atoms with Gasteiger partial charge in [-0.3, -0.25) is 4.90 Å². The first-order chi connectivity index (χ1) is 7.54. The quantitative estimate of drug-likeness (QED) is 0.715. The molecule has 16 heavy (non-hydrogen) atoms. The maximum absolute atomic E-state index is 8.98. The van der Waals surface area contributed by atoms with Crippen LogP contribution in [0.4, 0.5) is 0 Å². The minimum Gasteiger partial charge on any atom is -0.423 e. The van der Waals surface area contributed by atoms with Gasteiger partial charge >= 0.3 is 7.12 Å². The molecule has 0 bridgehead atoms. The van der Waals surface area contributed by atoms with E-state index in [0.29, 0.717) is 11.5 Å². The Hall–Kier alpha value is -0.835. The number of hydrogen-bond acceptors (Lipinski definition) is 3.